The highest BCUT2D eigenvalue weighted by atomic mass is 35.5. The van der Waals surface area contributed by atoms with Gasteiger partial charge < -0.3 is 9.47 Å². The van der Waals surface area contributed by atoms with E-state index >= 15 is 0 Å². The van der Waals surface area contributed by atoms with Crippen LogP contribution in [-0.2, 0) is 4.79 Å². The van der Waals surface area contributed by atoms with E-state index in [1.54, 1.807) is 42.5 Å². The fourth-order valence-corrected chi connectivity index (χ4v) is 2.80. The van der Waals surface area contributed by atoms with Crippen LogP contribution in [-0.4, -0.2) is 25.0 Å². The Balaban J connectivity index is 1.71. The van der Waals surface area contributed by atoms with Crippen LogP contribution in [0.25, 0.3) is 0 Å². The van der Waals surface area contributed by atoms with Crippen LogP contribution in [0.3, 0.4) is 0 Å². The Kier molecular flexibility index (Phi) is 9.31. The van der Waals surface area contributed by atoms with Gasteiger partial charge in [0.25, 0.3) is 11.8 Å². The second-order valence-electron chi connectivity index (χ2n) is 6.63. The summed E-state index contributed by atoms with van der Waals surface area (Å²) in [5.41, 5.74) is 5.93. The van der Waals surface area contributed by atoms with Crippen molar-refractivity contribution in [3.63, 3.8) is 0 Å². The molecule has 0 unspecified atom stereocenters. The third kappa shape index (κ3) is 8.03. The summed E-state index contributed by atoms with van der Waals surface area (Å²) in [6.07, 6.45) is 4.56. The third-order valence-electron chi connectivity index (χ3n) is 4.19. The molecule has 0 heterocycles. The Morgan fingerprint density at radius 3 is 2.41 bits per heavy atom. The highest BCUT2D eigenvalue weighted by Gasteiger charge is 2.09. The van der Waals surface area contributed by atoms with Gasteiger partial charge in [0.05, 0.1) is 6.61 Å². The minimum Gasteiger partial charge on any atom is -0.494 e. The van der Waals surface area contributed by atoms with Crippen LogP contribution in [0.2, 0.25) is 5.02 Å². The quantitative estimate of drug-likeness (QED) is 0.441. The normalized spacial score (nSPS) is 10.3. The first-order valence-electron chi connectivity index (χ1n) is 9.70. The van der Waals surface area contributed by atoms with Gasteiger partial charge in [0, 0.05) is 10.6 Å². The summed E-state index contributed by atoms with van der Waals surface area (Å²) < 4.78 is 11.1. The molecule has 0 aliphatic heterocycles. The number of carbonyl (C=O) groups excluding carboxylic acids is 2. The molecule has 0 saturated heterocycles. The van der Waals surface area contributed by atoms with Gasteiger partial charge in [0.1, 0.15) is 11.5 Å². The molecule has 29 heavy (non-hydrogen) atoms. The number of aryl methyl sites for hydroxylation is 1. The number of hydrazine groups is 1. The molecule has 0 spiro atoms. The number of benzene rings is 2. The zero-order valence-corrected chi connectivity index (χ0v) is 17.6. The molecular weight excluding hydrogens is 392 g/mol. The lowest BCUT2D eigenvalue weighted by Gasteiger charge is -2.11. The highest BCUT2D eigenvalue weighted by Crippen LogP contribution is 2.21. The van der Waals surface area contributed by atoms with Crippen LogP contribution in [0.5, 0.6) is 11.5 Å². The molecule has 0 radical (unpaired) electrons. The number of hydrogen-bond donors (Lipinski definition) is 2. The van der Waals surface area contributed by atoms with Gasteiger partial charge in [-0.1, -0.05) is 37.8 Å². The van der Waals surface area contributed by atoms with E-state index in [1.807, 2.05) is 6.92 Å². The molecule has 2 rings (SSSR count). The first-order chi connectivity index (χ1) is 14.0. The molecule has 0 atom stereocenters. The zero-order valence-electron chi connectivity index (χ0n) is 16.8. The Labute approximate surface area is 176 Å². The van der Waals surface area contributed by atoms with Crippen molar-refractivity contribution in [3.8, 4) is 11.5 Å². The number of hydrogen-bond acceptors (Lipinski definition) is 4. The minimum atomic E-state index is -0.472. The second-order valence-corrected chi connectivity index (χ2v) is 7.07. The predicted molar refractivity (Wildman–Crippen MR) is 113 cm³/mol. The maximum absolute atomic E-state index is 12.1. The Morgan fingerprint density at radius 1 is 0.966 bits per heavy atom. The molecule has 6 nitrogen and oxygen atoms in total. The van der Waals surface area contributed by atoms with Crippen molar-refractivity contribution >= 4 is 23.4 Å². The average molecular weight is 419 g/mol. The molecule has 0 fully saturated rings. The summed E-state index contributed by atoms with van der Waals surface area (Å²) in [6, 6.07) is 11.9. The molecule has 0 saturated carbocycles. The number of rotatable bonds is 10. The minimum absolute atomic E-state index is 0.229. The van der Waals surface area contributed by atoms with Gasteiger partial charge in [0.15, 0.2) is 6.61 Å². The van der Waals surface area contributed by atoms with E-state index in [9.17, 15) is 9.59 Å². The lowest BCUT2D eigenvalue weighted by Crippen LogP contribution is -2.43. The van der Waals surface area contributed by atoms with Gasteiger partial charge in [-0.2, -0.15) is 0 Å². The maximum Gasteiger partial charge on any atom is 0.276 e. The maximum atomic E-state index is 12.1. The first kappa shape index (κ1) is 22.6. The summed E-state index contributed by atoms with van der Waals surface area (Å²) in [7, 11) is 0. The fourth-order valence-electron chi connectivity index (χ4n) is 2.57. The van der Waals surface area contributed by atoms with Crippen LogP contribution in [0.1, 0.15) is 48.5 Å². The molecule has 0 bridgehead atoms. The molecule has 2 amide bonds. The Morgan fingerprint density at radius 2 is 1.72 bits per heavy atom. The van der Waals surface area contributed by atoms with Crippen molar-refractivity contribution in [2.45, 2.75) is 39.5 Å². The first-order valence-corrected chi connectivity index (χ1v) is 10.1. The van der Waals surface area contributed by atoms with Crippen molar-refractivity contribution in [1.29, 1.82) is 0 Å². The van der Waals surface area contributed by atoms with Gasteiger partial charge in [-0.3, -0.25) is 20.4 Å². The van der Waals surface area contributed by atoms with E-state index in [0.29, 0.717) is 28.7 Å². The molecule has 0 aliphatic carbocycles. The number of carbonyl (C=O) groups is 2. The van der Waals surface area contributed by atoms with Gasteiger partial charge >= 0.3 is 0 Å². The molecule has 2 aromatic carbocycles. The van der Waals surface area contributed by atoms with Gasteiger partial charge in [-0.25, -0.2) is 0 Å². The lowest BCUT2D eigenvalue weighted by atomic mass is 10.2. The topological polar surface area (TPSA) is 76.7 Å². The van der Waals surface area contributed by atoms with Crippen LogP contribution >= 0.6 is 11.6 Å². The summed E-state index contributed by atoms with van der Waals surface area (Å²) in [6.45, 7) is 4.43. The van der Waals surface area contributed by atoms with Crippen molar-refractivity contribution in [2.24, 2.45) is 0 Å². The number of ether oxygens (including phenoxy) is 2. The molecule has 0 aromatic heterocycles. The largest absolute Gasteiger partial charge is 0.494 e. The molecule has 2 N–H and O–H groups in total. The highest BCUT2D eigenvalue weighted by molar-refractivity contribution is 6.30. The average Bonchev–Trinajstić information content (AvgIpc) is 2.71. The standard InChI is InChI=1S/C22H27ClN2O4/c1-3-4-5-6-13-28-19-10-7-17(8-11-19)22(27)25-24-21(26)15-29-20-12-9-18(23)14-16(20)2/h7-12,14H,3-6,13,15H2,1-2H3,(H,24,26)(H,25,27). The summed E-state index contributed by atoms with van der Waals surface area (Å²) in [5, 5.41) is 0.597. The molecule has 7 heteroatoms. The lowest BCUT2D eigenvalue weighted by molar-refractivity contribution is -0.123. The third-order valence-corrected chi connectivity index (χ3v) is 4.43. The van der Waals surface area contributed by atoms with E-state index in [-0.39, 0.29) is 6.61 Å². The van der Waals surface area contributed by atoms with Gasteiger partial charge in [0.2, 0.25) is 0 Å². The van der Waals surface area contributed by atoms with Gasteiger partial charge in [-0.15, -0.1) is 0 Å². The van der Waals surface area contributed by atoms with E-state index in [4.69, 9.17) is 21.1 Å². The number of unbranched alkanes of at least 4 members (excludes halogenated alkanes) is 3. The molecule has 156 valence electrons. The summed E-state index contributed by atoms with van der Waals surface area (Å²) >= 11 is 5.89. The van der Waals surface area contributed by atoms with E-state index < -0.39 is 11.8 Å². The molecule has 2 aromatic rings. The van der Waals surface area contributed by atoms with Crippen LogP contribution in [0, 0.1) is 6.92 Å². The molecular formula is C22H27ClN2O4. The SMILES string of the molecule is CCCCCCOc1ccc(C(=O)NNC(=O)COc2ccc(Cl)cc2C)cc1. The number of amides is 2. The smallest absolute Gasteiger partial charge is 0.276 e. The summed E-state index contributed by atoms with van der Waals surface area (Å²) in [5.74, 6) is 0.380. The van der Waals surface area contributed by atoms with Crippen molar-refractivity contribution < 1.29 is 19.1 Å². The van der Waals surface area contributed by atoms with E-state index in [1.165, 1.54) is 12.8 Å². The van der Waals surface area contributed by atoms with Crippen LogP contribution in [0.15, 0.2) is 42.5 Å². The van der Waals surface area contributed by atoms with Gasteiger partial charge in [-0.05, 0) is 61.4 Å². The summed E-state index contributed by atoms with van der Waals surface area (Å²) in [4.78, 5) is 24.0. The predicted octanol–water partition coefficient (Wildman–Crippen LogP) is 4.45. The fraction of sp³-hybridized carbons (Fsp3) is 0.364. The van der Waals surface area contributed by atoms with Crippen LogP contribution in [0.4, 0.5) is 0 Å². The number of nitrogens with one attached hydrogen (secondary N) is 2. The van der Waals surface area contributed by atoms with Crippen molar-refractivity contribution in [2.75, 3.05) is 13.2 Å². The van der Waals surface area contributed by atoms with Crippen molar-refractivity contribution in [3.05, 3.63) is 58.6 Å². The van der Waals surface area contributed by atoms with Crippen LogP contribution < -0.4 is 20.3 Å². The van der Waals surface area contributed by atoms with Crippen molar-refractivity contribution in [1.82, 2.24) is 10.9 Å². The monoisotopic (exact) mass is 418 g/mol. The second kappa shape index (κ2) is 12.0. The number of halogens is 1. The van der Waals surface area contributed by atoms with E-state index in [2.05, 4.69) is 17.8 Å². The Hall–Kier alpha value is -2.73. The Bertz CT molecular complexity index is 809. The zero-order chi connectivity index (χ0) is 21.1. The molecule has 0 aliphatic rings. The van der Waals surface area contributed by atoms with E-state index in [0.717, 1.165) is 18.4 Å².